The summed E-state index contributed by atoms with van der Waals surface area (Å²) in [6.07, 6.45) is 4.67. The van der Waals surface area contributed by atoms with Crippen molar-refractivity contribution in [3.63, 3.8) is 0 Å². The standard InChI is InChI=1S/C28H42O2Si/c1-10-26(29)27-22-14-12-21(22)24-15-30-16-25(24)23(27)13-11-20(18(2)3)19(4)17-31(8,9)28(5,6)7/h17H,10-16H2,1-9H3/b19-17+. The Labute approximate surface area is 191 Å². The van der Waals surface area contributed by atoms with E-state index in [2.05, 4.69) is 60.3 Å². The van der Waals surface area contributed by atoms with Gasteiger partial charge in [0.2, 0.25) is 0 Å². The lowest BCUT2D eigenvalue weighted by Gasteiger charge is -2.35. The topological polar surface area (TPSA) is 26.3 Å². The minimum absolute atomic E-state index is 0.313. The van der Waals surface area contributed by atoms with Gasteiger partial charge in [-0.3, -0.25) is 4.79 Å². The summed E-state index contributed by atoms with van der Waals surface area (Å²) in [6, 6.07) is 0. The Kier molecular flexibility index (Phi) is 6.89. The van der Waals surface area contributed by atoms with E-state index >= 15 is 0 Å². The van der Waals surface area contributed by atoms with Crippen molar-refractivity contribution in [2.75, 3.05) is 0 Å². The number of ether oxygens (including phenoxy) is 1. The predicted octanol–water partition coefficient (Wildman–Crippen LogP) is 7.67. The first kappa shape index (κ1) is 24.2. The highest BCUT2D eigenvalue weighted by molar-refractivity contribution is 6.84. The van der Waals surface area contributed by atoms with E-state index < -0.39 is 8.07 Å². The minimum atomic E-state index is -1.51. The largest absolute Gasteiger partial charge is 0.372 e. The average Bonchev–Trinajstić information content (AvgIpc) is 3.08. The number of Topliss-reactive ketones (excluding diaryl/α,β-unsaturated/α-hetero) is 1. The van der Waals surface area contributed by atoms with Crippen LogP contribution in [0, 0.1) is 0 Å². The van der Waals surface area contributed by atoms with Gasteiger partial charge in [0, 0.05) is 12.0 Å². The molecule has 0 saturated carbocycles. The summed E-state index contributed by atoms with van der Waals surface area (Å²) in [5.41, 5.74) is 14.7. The van der Waals surface area contributed by atoms with E-state index in [1.165, 1.54) is 44.5 Å². The highest BCUT2D eigenvalue weighted by Gasteiger charge is 2.34. The highest BCUT2D eigenvalue weighted by atomic mass is 28.3. The number of allylic oxidation sites excluding steroid dienone is 3. The molecule has 0 radical (unpaired) electrons. The van der Waals surface area contributed by atoms with Crippen molar-refractivity contribution >= 4 is 13.9 Å². The predicted molar refractivity (Wildman–Crippen MR) is 135 cm³/mol. The molecule has 0 bridgehead atoms. The van der Waals surface area contributed by atoms with E-state index in [-0.39, 0.29) is 0 Å². The van der Waals surface area contributed by atoms with Crippen molar-refractivity contribution in [3.8, 4) is 0 Å². The zero-order valence-electron chi connectivity index (χ0n) is 21.3. The van der Waals surface area contributed by atoms with Gasteiger partial charge in [0.15, 0.2) is 5.78 Å². The van der Waals surface area contributed by atoms with Crippen LogP contribution in [-0.4, -0.2) is 13.9 Å². The third kappa shape index (κ3) is 4.54. The molecular weight excluding hydrogens is 396 g/mol. The van der Waals surface area contributed by atoms with Gasteiger partial charge in [-0.1, -0.05) is 57.6 Å². The van der Waals surface area contributed by atoms with Gasteiger partial charge in [-0.05, 0) is 84.9 Å². The Morgan fingerprint density at radius 3 is 2.13 bits per heavy atom. The van der Waals surface area contributed by atoms with Gasteiger partial charge in [0.25, 0.3) is 0 Å². The fourth-order valence-electron chi connectivity index (χ4n) is 5.01. The summed E-state index contributed by atoms with van der Waals surface area (Å²) >= 11 is 0. The lowest BCUT2D eigenvalue weighted by Crippen LogP contribution is -2.35. The van der Waals surface area contributed by atoms with Crippen LogP contribution in [0.4, 0.5) is 0 Å². The van der Waals surface area contributed by atoms with Gasteiger partial charge in [-0.15, -0.1) is 0 Å². The number of fused-ring (bicyclic) bond motifs is 3. The van der Waals surface area contributed by atoms with Crippen molar-refractivity contribution in [2.45, 2.75) is 112 Å². The Bertz CT molecular complexity index is 950. The van der Waals surface area contributed by atoms with Gasteiger partial charge in [-0.25, -0.2) is 0 Å². The van der Waals surface area contributed by atoms with E-state index in [1.807, 2.05) is 6.92 Å². The van der Waals surface area contributed by atoms with Crippen LogP contribution in [0.15, 0.2) is 22.4 Å². The maximum Gasteiger partial charge on any atom is 0.163 e. The molecule has 0 N–H and O–H groups in total. The summed E-state index contributed by atoms with van der Waals surface area (Å²) in [6.45, 7) is 22.2. The third-order valence-electron chi connectivity index (χ3n) is 7.99. The maximum atomic E-state index is 13.0. The summed E-state index contributed by atoms with van der Waals surface area (Å²) in [5.74, 6) is 0.313. The second-order valence-electron chi connectivity index (χ2n) is 11.3. The van der Waals surface area contributed by atoms with Crippen molar-refractivity contribution < 1.29 is 9.53 Å². The first-order valence-corrected chi connectivity index (χ1v) is 15.1. The minimum Gasteiger partial charge on any atom is -0.372 e. The molecule has 3 heteroatoms. The quantitative estimate of drug-likeness (QED) is 0.248. The monoisotopic (exact) mass is 438 g/mol. The number of rotatable bonds is 7. The summed E-state index contributed by atoms with van der Waals surface area (Å²) in [5, 5.41) is 0.335. The number of ketones is 1. The number of benzene rings is 1. The van der Waals surface area contributed by atoms with Gasteiger partial charge >= 0.3 is 0 Å². The molecule has 1 aromatic rings. The molecule has 1 aliphatic carbocycles. The molecule has 0 aromatic heterocycles. The fourth-order valence-corrected chi connectivity index (χ4v) is 6.70. The molecule has 0 spiro atoms. The summed E-state index contributed by atoms with van der Waals surface area (Å²) in [4.78, 5) is 13.0. The first-order chi connectivity index (χ1) is 14.4. The Balaban J connectivity index is 1.98. The van der Waals surface area contributed by atoms with E-state index in [9.17, 15) is 4.79 Å². The molecule has 170 valence electrons. The van der Waals surface area contributed by atoms with Gasteiger partial charge in [-0.2, -0.15) is 0 Å². The van der Waals surface area contributed by atoms with E-state index in [0.717, 1.165) is 37.9 Å². The van der Waals surface area contributed by atoms with Crippen molar-refractivity contribution in [1.82, 2.24) is 0 Å². The van der Waals surface area contributed by atoms with Crippen LogP contribution in [-0.2, 0) is 37.2 Å². The Morgan fingerprint density at radius 2 is 1.61 bits per heavy atom. The lowest BCUT2D eigenvalue weighted by molar-refractivity contribution is 0.0985. The van der Waals surface area contributed by atoms with Crippen LogP contribution in [0.2, 0.25) is 18.1 Å². The normalized spacial score (nSPS) is 16.0. The smallest absolute Gasteiger partial charge is 0.163 e. The van der Waals surface area contributed by atoms with Crippen LogP contribution >= 0.6 is 0 Å². The molecule has 2 nitrogen and oxygen atoms in total. The number of carbonyl (C=O) groups is 1. The Morgan fingerprint density at radius 1 is 1.00 bits per heavy atom. The molecule has 31 heavy (non-hydrogen) atoms. The lowest BCUT2D eigenvalue weighted by atomic mass is 9.74. The Hall–Kier alpha value is -1.45. The van der Waals surface area contributed by atoms with Crippen LogP contribution < -0.4 is 0 Å². The number of hydrogen-bond acceptors (Lipinski definition) is 2. The third-order valence-corrected chi connectivity index (χ3v) is 13.0. The molecule has 1 aromatic carbocycles. The molecule has 0 saturated heterocycles. The molecule has 0 atom stereocenters. The van der Waals surface area contributed by atoms with Gasteiger partial charge in [0.05, 0.1) is 21.3 Å². The molecular formula is C28H42O2Si. The van der Waals surface area contributed by atoms with Crippen LogP contribution in [0.1, 0.15) is 99.5 Å². The summed E-state index contributed by atoms with van der Waals surface area (Å²) in [7, 11) is -1.51. The van der Waals surface area contributed by atoms with Crippen molar-refractivity contribution in [2.24, 2.45) is 0 Å². The molecule has 0 fully saturated rings. The molecule has 3 rings (SSSR count). The molecule has 1 aliphatic heterocycles. The number of carbonyl (C=O) groups excluding carboxylic acids is 1. The highest BCUT2D eigenvalue weighted by Crippen LogP contribution is 2.42. The second-order valence-corrected chi connectivity index (χ2v) is 16.5. The summed E-state index contributed by atoms with van der Waals surface area (Å²) < 4.78 is 5.87. The van der Waals surface area contributed by atoms with Crippen LogP contribution in [0.5, 0.6) is 0 Å². The molecule has 2 aliphatic rings. The first-order valence-electron chi connectivity index (χ1n) is 12.0. The second kappa shape index (κ2) is 8.82. The molecule has 1 heterocycles. The van der Waals surface area contributed by atoms with Crippen LogP contribution in [0.25, 0.3) is 0 Å². The van der Waals surface area contributed by atoms with Gasteiger partial charge < -0.3 is 4.74 Å². The molecule has 0 unspecified atom stereocenters. The average molecular weight is 439 g/mol. The zero-order valence-corrected chi connectivity index (χ0v) is 22.3. The zero-order chi connectivity index (χ0) is 23.1. The van der Waals surface area contributed by atoms with Gasteiger partial charge in [0.1, 0.15) is 0 Å². The van der Waals surface area contributed by atoms with Crippen molar-refractivity contribution in [1.29, 1.82) is 0 Å². The van der Waals surface area contributed by atoms with E-state index in [1.54, 1.807) is 0 Å². The molecule has 0 amide bonds. The van der Waals surface area contributed by atoms with E-state index in [4.69, 9.17) is 4.74 Å². The maximum absolute atomic E-state index is 13.0. The van der Waals surface area contributed by atoms with Crippen molar-refractivity contribution in [3.05, 3.63) is 55.8 Å². The SMILES string of the molecule is CCC(=O)c1c2c(c3c(c1CCC(=C(C)C)/C(C)=C/[Si](C)(C)C(C)(C)C)COC3)CC2. The number of hydrogen-bond donors (Lipinski definition) is 0. The van der Waals surface area contributed by atoms with Crippen LogP contribution in [0.3, 0.4) is 0 Å². The van der Waals surface area contributed by atoms with E-state index in [0.29, 0.717) is 23.8 Å². The fraction of sp³-hybridized carbons (Fsp3) is 0.607.